The number of aliphatic hydroxyl groups excluding tert-OH is 1. The Morgan fingerprint density at radius 1 is 1.88 bits per heavy atom. The third-order valence-corrected chi connectivity index (χ3v) is 1.22. The highest BCUT2D eigenvalue weighted by Gasteiger charge is 2.18. The zero-order chi connectivity index (χ0) is 5.98. The first-order valence-corrected chi connectivity index (χ1v) is 2.89. The average molecular weight is 117 g/mol. The van der Waals surface area contributed by atoms with Crippen LogP contribution < -0.4 is 0 Å². The number of likely N-dealkylation sites (N-methyl/N-ethyl adjacent to an activating group) is 1. The van der Waals surface area contributed by atoms with Gasteiger partial charge in [0.2, 0.25) is 0 Å². The molecule has 1 aliphatic heterocycles. The van der Waals surface area contributed by atoms with Crippen molar-refractivity contribution >= 4 is 0 Å². The summed E-state index contributed by atoms with van der Waals surface area (Å²) in [5.74, 6) is 0. The summed E-state index contributed by atoms with van der Waals surface area (Å²) < 4.78 is 0. The average Bonchev–Trinajstić information content (AvgIpc) is 2.14. The SMILES string of the molecule is CCN1C[C@@H](O)CO1. The van der Waals surface area contributed by atoms with E-state index in [4.69, 9.17) is 9.94 Å². The summed E-state index contributed by atoms with van der Waals surface area (Å²) in [6.45, 7) is 3.99. The quantitative estimate of drug-likeness (QED) is 0.508. The molecule has 0 amide bonds. The fourth-order valence-electron chi connectivity index (χ4n) is 0.752. The van der Waals surface area contributed by atoms with E-state index in [0.717, 1.165) is 6.54 Å². The largest absolute Gasteiger partial charge is 0.389 e. The Kier molecular flexibility index (Phi) is 1.83. The molecule has 0 aromatic carbocycles. The Morgan fingerprint density at radius 3 is 2.88 bits per heavy atom. The fraction of sp³-hybridized carbons (Fsp3) is 1.00. The summed E-state index contributed by atoms with van der Waals surface area (Å²) in [5.41, 5.74) is 0. The lowest BCUT2D eigenvalue weighted by atomic mass is 10.4. The van der Waals surface area contributed by atoms with E-state index in [1.54, 1.807) is 5.06 Å². The second kappa shape index (κ2) is 2.44. The number of rotatable bonds is 1. The summed E-state index contributed by atoms with van der Waals surface area (Å²) in [5, 5.41) is 10.6. The molecule has 48 valence electrons. The lowest BCUT2D eigenvalue weighted by molar-refractivity contribution is -0.106. The van der Waals surface area contributed by atoms with Gasteiger partial charge < -0.3 is 5.11 Å². The van der Waals surface area contributed by atoms with Crippen molar-refractivity contribution in [3.8, 4) is 0 Å². The van der Waals surface area contributed by atoms with Crippen LogP contribution in [0.25, 0.3) is 0 Å². The topological polar surface area (TPSA) is 32.7 Å². The number of nitrogens with zero attached hydrogens (tertiary/aromatic N) is 1. The molecule has 0 bridgehead atoms. The summed E-state index contributed by atoms with van der Waals surface area (Å²) in [4.78, 5) is 5.00. The third kappa shape index (κ3) is 1.18. The summed E-state index contributed by atoms with van der Waals surface area (Å²) >= 11 is 0. The summed E-state index contributed by atoms with van der Waals surface area (Å²) in [6.07, 6.45) is -0.269. The van der Waals surface area contributed by atoms with Crippen molar-refractivity contribution in [2.24, 2.45) is 0 Å². The van der Waals surface area contributed by atoms with Crippen LogP contribution in [0.2, 0.25) is 0 Å². The van der Waals surface area contributed by atoms with Gasteiger partial charge in [0, 0.05) is 6.54 Å². The van der Waals surface area contributed by atoms with Crippen molar-refractivity contribution in [2.75, 3.05) is 19.7 Å². The van der Waals surface area contributed by atoms with Gasteiger partial charge in [0.1, 0.15) is 0 Å². The highest BCUT2D eigenvalue weighted by Crippen LogP contribution is 2.02. The molecular formula is C5H11NO2. The molecule has 8 heavy (non-hydrogen) atoms. The second-order valence-corrected chi connectivity index (χ2v) is 1.93. The Bertz CT molecular complexity index is 76.8. The first kappa shape index (κ1) is 6.01. The lowest BCUT2D eigenvalue weighted by Gasteiger charge is -2.07. The van der Waals surface area contributed by atoms with Gasteiger partial charge in [-0.2, -0.15) is 5.06 Å². The predicted molar refractivity (Wildman–Crippen MR) is 29.2 cm³/mol. The number of hydrogen-bond donors (Lipinski definition) is 1. The molecule has 0 saturated carbocycles. The molecule has 1 saturated heterocycles. The Balaban J connectivity index is 2.22. The minimum Gasteiger partial charge on any atom is -0.389 e. The number of hydroxylamine groups is 2. The fourth-order valence-corrected chi connectivity index (χ4v) is 0.752. The van der Waals surface area contributed by atoms with Crippen molar-refractivity contribution in [1.29, 1.82) is 0 Å². The number of β-amino-alcohol motifs (C(OH)–C–C–N with tert-alkyl or cyclic N) is 1. The Labute approximate surface area is 48.8 Å². The first-order valence-electron chi connectivity index (χ1n) is 2.89. The Morgan fingerprint density at radius 2 is 2.62 bits per heavy atom. The van der Waals surface area contributed by atoms with Gasteiger partial charge in [-0.15, -0.1) is 0 Å². The second-order valence-electron chi connectivity index (χ2n) is 1.93. The van der Waals surface area contributed by atoms with Crippen LogP contribution in [0.15, 0.2) is 0 Å². The van der Waals surface area contributed by atoms with E-state index in [9.17, 15) is 0 Å². The van der Waals surface area contributed by atoms with Crippen LogP contribution in [0.4, 0.5) is 0 Å². The smallest absolute Gasteiger partial charge is 0.0958 e. The maximum absolute atomic E-state index is 8.86. The number of hydrogen-bond acceptors (Lipinski definition) is 3. The number of aliphatic hydroxyl groups is 1. The molecule has 3 heteroatoms. The maximum atomic E-state index is 8.86. The van der Waals surface area contributed by atoms with Gasteiger partial charge in [-0.3, -0.25) is 4.84 Å². The van der Waals surface area contributed by atoms with E-state index in [1.165, 1.54) is 0 Å². The van der Waals surface area contributed by atoms with Gasteiger partial charge >= 0.3 is 0 Å². The molecule has 0 aromatic rings. The van der Waals surface area contributed by atoms with Crippen LogP contribution in [0.3, 0.4) is 0 Å². The van der Waals surface area contributed by atoms with Crippen molar-refractivity contribution in [2.45, 2.75) is 13.0 Å². The van der Waals surface area contributed by atoms with E-state index < -0.39 is 0 Å². The molecule has 0 unspecified atom stereocenters. The van der Waals surface area contributed by atoms with Gasteiger partial charge in [0.05, 0.1) is 19.3 Å². The molecule has 0 aliphatic carbocycles. The Hall–Kier alpha value is -0.120. The summed E-state index contributed by atoms with van der Waals surface area (Å²) in [7, 11) is 0. The van der Waals surface area contributed by atoms with E-state index in [0.29, 0.717) is 13.2 Å². The normalized spacial score (nSPS) is 31.5. The maximum Gasteiger partial charge on any atom is 0.0958 e. The molecule has 1 heterocycles. The van der Waals surface area contributed by atoms with Crippen molar-refractivity contribution < 1.29 is 9.94 Å². The molecule has 1 atom stereocenters. The zero-order valence-electron chi connectivity index (χ0n) is 5.00. The van der Waals surface area contributed by atoms with Crippen LogP contribution >= 0.6 is 0 Å². The van der Waals surface area contributed by atoms with Crippen molar-refractivity contribution in [3.63, 3.8) is 0 Å². The van der Waals surface area contributed by atoms with E-state index in [1.807, 2.05) is 6.92 Å². The molecule has 1 N–H and O–H groups in total. The van der Waals surface area contributed by atoms with Gasteiger partial charge in [-0.25, -0.2) is 0 Å². The molecule has 0 spiro atoms. The van der Waals surface area contributed by atoms with E-state index in [2.05, 4.69) is 0 Å². The predicted octanol–water partition coefficient (Wildman–Crippen LogP) is -0.386. The van der Waals surface area contributed by atoms with Gasteiger partial charge in [-0.1, -0.05) is 6.92 Å². The van der Waals surface area contributed by atoms with Gasteiger partial charge in [-0.05, 0) is 0 Å². The zero-order valence-corrected chi connectivity index (χ0v) is 5.00. The minimum absolute atomic E-state index is 0.269. The van der Waals surface area contributed by atoms with Crippen LogP contribution in [0.5, 0.6) is 0 Å². The van der Waals surface area contributed by atoms with Crippen LogP contribution in [0.1, 0.15) is 6.92 Å². The van der Waals surface area contributed by atoms with E-state index in [-0.39, 0.29) is 6.10 Å². The lowest BCUT2D eigenvalue weighted by Crippen LogP contribution is -2.19. The van der Waals surface area contributed by atoms with Crippen molar-refractivity contribution in [1.82, 2.24) is 5.06 Å². The van der Waals surface area contributed by atoms with Crippen LogP contribution in [-0.4, -0.2) is 36.0 Å². The minimum atomic E-state index is -0.269. The first-order chi connectivity index (χ1) is 3.83. The monoisotopic (exact) mass is 117 g/mol. The molecule has 1 aliphatic rings. The highest BCUT2D eigenvalue weighted by molar-refractivity contribution is 4.61. The van der Waals surface area contributed by atoms with Crippen LogP contribution in [-0.2, 0) is 4.84 Å². The van der Waals surface area contributed by atoms with Gasteiger partial charge in [0.15, 0.2) is 0 Å². The highest BCUT2D eigenvalue weighted by atomic mass is 16.7. The van der Waals surface area contributed by atoms with Crippen molar-refractivity contribution in [3.05, 3.63) is 0 Å². The van der Waals surface area contributed by atoms with E-state index >= 15 is 0 Å². The van der Waals surface area contributed by atoms with Gasteiger partial charge in [0.25, 0.3) is 0 Å². The molecule has 0 aromatic heterocycles. The molecule has 1 fully saturated rings. The molecule has 3 nitrogen and oxygen atoms in total. The summed E-state index contributed by atoms with van der Waals surface area (Å²) in [6, 6.07) is 0. The molecule has 1 rings (SSSR count). The van der Waals surface area contributed by atoms with Crippen LogP contribution in [0, 0.1) is 0 Å². The third-order valence-electron chi connectivity index (χ3n) is 1.22. The molecular weight excluding hydrogens is 106 g/mol. The molecule has 0 radical (unpaired) electrons. The standard InChI is InChI=1S/C5H11NO2/c1-2-6-3-5(7)4-8-6/h5,7H,2-4H2,1H3/t5-/m1/s1.